The Morgan fingerprint density at radius 3 is 2.50 bits per heavy atom. The molecule has 5 amide bonds. The number of methoxy groups -OCH3 is 2. The Bertz CT molecular complexity index is 2140. The molecule has 1 aliphatic carbocycles. The summed E-state index contributed by atoms with van der Waals surface area (Å²) < 4.78 is 38.3. The maximum absolute atomic E-state index is 14.3. The normalized spacial score (nSPS) is 32.6. The second kappa shape index (κ2) is 22.7. The van der Waals surface area contributed by atoms with Gasteiger partial charge in [-0.1, -0.05) is 42.3 Å². The van der Waals surface area contributed by atoms with E-state index in [-0.39, 0.29) is 60.4 Å². The van der Waals surface area contributed by atoms with Crippen molar-refractivity contribution in [3.63, 3.8) is 0 Å². The lowest BCUT2D eigenvalue weighted by molar-refractivity contribution is -0.177. The number of esters is 1. The van der Waals surface area contributed by atoms with Crippen LogP contribution in [0.5, 0.6) is 5.75 Å². The molecule has 0 spiro atoms. The number of amides is 5. The zero-order chi connectivity index (χ0) is 49.7. The molecule has 4 bridgehead atoms. The molecule has 1 aromatic rings. The molecule has 18 nitrogen and oxygen atoms in total. The van der Waals surface area contributed by atoms with Crippen molar-refractivity contribution in [3.05, 3.63) is 46.5 Å². The number of ether oxygens (including phenoxy) is 6. The molecule has 6 rings (SSSR count). The van der Waals surface area contributed by atoms with Gasteiger partial charge in [0.2, 0.25) is 23.6 Å². The lowest BCUT2D eigenvalue weighted by atomic mass is 9.81. The highest BCUT2D eigenvalue weighted by Crippen LogP contribution is 2.49. The fourth-order valence-electron chi connectivity index (χ4n) is 9.54. The van der Waals surface area contributed by atoms with E-state index in [1.54, 1.807) is 59.0 Å². The first-order valence-corrected chi connectivity index (χ1v) is 25.5. The number of halogens is 2. The van der Waals surface area contributed by atoms with E-state index in [9.17, 15) is 33.9 Å². The molecule has 3 saturated heterocycles. The van der Waals surface area contributed by atoms with Crippen molar-refractivity contribution in [3.8, 4) is 5.75 Å². The van der Waals surface area contributed by atoms with E-state index < -0.39 is 70.5 Å². The van der Waals surface area contributed by atoms with E-state index >= 15 is 0 Å². The molecular weight excluding hydrogens is 1040 g/mol. The van der Waals surface area contributed by atoms with Crippen LogP contribution in [-0.2, 0) is 54.1 Å². The van der Waals surface area contributed by atoms with Crippen LogP contribution in [0.3, 0.4) is 0 Å². The van der Waals surface area contributed by atoms with Gasteiger partial charge in [0, 0.05) is 74.9 Å². The number of epoxide rings is 1. The maximum Gasteiger partial charge on any atom is 0.409 e. The molecule has 4 N–H and O–H groups in total. The molecule has 21 heteroatoms. The molecule has 5 aliphatic rings. The molecule has 376 valence electrons. The standard InChI is InChI=1S/C47H65ClIN5O13S/c1-26-11-9-12-35(63-8)47(61)24-33(65-44(60)50-47)27(2)40-46(5,67-40)36(23-37(55)53(6)31-20-29(19-26)21-32(62-7)39(31)48)66-43(59)45(3,4)64-17-10-18-68-34-22-38(56)54(42(34)58)25-28-13-15-30(16-14-28)41(57)51-52-49/h9,11-12,20-21,27-28,30,33-36,40,52,61H,10,13-19,22-25H2,1-8H3,(H,50,60)(H,51,57)/b12-9+,26-11+/t27-,28?,30?,33+,34?,35-,36+,40+,46+,47+/m1/s1. The zero-order valence-corrected chi connectivity index (χ0v) is 43.6. The topological polar surface area (TPSA) is 224 Å². The van der Waals surface area contributed by atoms with Gasteiger partial charge in [0.15, 0.2) is 11.3 Å². The Morgan fingerprint density at radius 1 is 1.10 bits per heavy atom. The minimum Gasteiger partial charge on any atom is -0.495 e. The maximum atomic E-state index is 14.3. The number of hydrogen-bond acceptors (Lipinski definition) is 15. The third-order valence-corrected chi connectivity index (χ3v) is 15.7. The summed E-state index contributed by atoms with van der Waals surface area (Å²) in [7, 11) is 4.49. The third-order valence-electron chi connectivity index (χ3n) is 13.8. The number of allylic oxidation sites excluding steroid dienone is 3. The fraction of sp³-hybridized carbons (Fsp3) is 0.660. The van der Waals surface area contributed by atoms with E-state index in [0.717, 1.165) is 24.0 Å². The minimum absolute atomic E-state index is 0.0491. The van der Waals surface area contributed by atoms with E-state index in [4.69, 9.17) is 40.0 Å². The van der Waals surface area contributed by atoms with Gasteiger partial charge in [0.05, 0.1) is 30.6 Å². The van der Waals surface area contributed by atoms with Gasteiger partial charge in [-0.05, 0) is 95.6 Å². The summed E-state index contributed by atoms with van der Waals surface area (Å²) in [6.07, 6.45) is 4.26. The highest BCUT2D eigenvalue weighted by Gasteiger charge is 2.65. The first-order chi connectivity index (χ1) is 32.1. The molecule has 1 aromatic carbocycles. The van der Waals surface area contributed by atoms with Crippen molar-refractivity contribution in [2.75, 3.05) is 45.1 Å². The number of carbonyl (C=O) groups excluding carboxylic acids is 6. The summed E-state index contributed by atoms with van der Waals surface area (Å²) in [5, 5.41) is 14.1. The number of imide groups is 1. The van der Waals surface area contributed by atoms with Gasteiger partial charge in [-0.15, -0.1) is 11.8 Å². The van der Waals surface area contributed by atoms with Crippen LogP contribution in [0.15, 0.2) is 35.9 Å². The molecule has 4 heterocycles. The summed E-state index contributed by atoms with van der Waals surface area (Å²) in [6, 6.07) is 3.58. The molecule has 1 unspecified atom stereocenters. The molecule has 4 aliphatic heterocycles. The second-order valence-electron chi connectivity index (χ2n) is 19.1. The SMILES string of the molecule is COc1cc2cc(c1Cl)N(C)C(=O)C[C@H](OC(=O)C(C)(C)OCCCSC1CC(=O)N(CC3CCC(C(=O)NNI)CC3)C1=O)[C@]1(C)O[C@H]1[C@H](C)[C@@H]1C[C@@](O)(NC(=O)O1)[C@H](OC)/C=C/C=C(\C)C2. The number of carbonyl (C=O) groups is 6. The van der Waals surface area contributed by atoms with Gasteiger partial charge in [0.25, 0.3) is 0 Å². The zero-order valence-electron chi connectivity index (χ0n) is 39.9. The molecule has 0 radical (unpaired) electrons. The van der Waals surface area contributed by atoms with Crippen LogP contribution in [0.25, 0.3) is 0 Å². The van der Waals surface area contributed by atoms with E-state index in [1.165, 1.54) is 35.8 Å². The number of rotatable bonds is 14. The van der Waals surface area contributed by atoms with Gasteiger partial charge < -0.3 is 38.4 Å². The lowest BCUT2D eigenvalue weighted by Gasteiger charge is -2.42. The average molecular weight is 1100 g/mol. The molecule has 1 saturated carbocycles. The van der Waals surface area contributed by atoms with Crippen LogP contribution in [0, 0.1) is 17.8 Å². The van der Waals surface area contributed by atoms with Gasteiger partial charge in [-0.2, -0.15) is 3.64 Å². The van der Waals surface area contributed by atoms with Crippen LogP contribution in [-0.4, -0.2) is 132 Å². The number of benzene rings is 1. The number of anilines is 1. The first-order valence-electron chi connectivity index (χ1n) is 23.0. The van der Waals surface area contributed by atoms with Crippen molar-refractivity contribution in [1.29, 1.82) is 0 Å². The first kappa shape index (κ1) is 53.8. The van der Waals surface area contributed by atoms with E-state index in [1.807, 2.05) is 35.9 Å². The van der Waals surface area contributed by atoms with Crippen molar-refractivity contribution in [2.24, 2.45) is 17.8 Å². The quantitative estimate of drug-likeness (QED) is 0.0344. The number of hydrogen-bond donors (Lipinski definition) is 4. The number of aliphatic hydroxyl groups is 1. The summed E-state index contributed by atoms with van der Waals surface area (Å²) >= 11 is 10.1. The highest BCUT2D eigenvalue weighted by atomic mass is 127. The summed E-state index contributed by atoms with van der Waals surface area (Å²) in [6.45, 7) is 9.06. The monoisotopic (exact) mass is 1100 g/mol. The van der Waals surface area contributed by atoms with Crippen molar-refractivity contribution < 1.29 is 62.3 Å². The summed E-state index contributed by atoms with van der Waals surface area (Å²) in [5.41, 5.74) is 0.128. The van der Waals surface area contributed by atoms with Gasteiger partial charge >= 0.3 is 12.1 Å². The van der Waals surface area contributed by atoms with Crippen LogP contribution in [0.1, 0.15) is 91.5 Å². The summed E-state index contributed by atoms with van der Waals surface area (Å²) in [4.78, 5) is 82.7. The van der Waals surface area contributed by atoms with E-state index in [2.05, 4.69) is 14.4 Å². The molecule has 8 atom stereocenters. The highest BCUT2D eigenvalue weighted by molar-refractivity contribution is 14.1. The Morgan fingerprint density at radius 2 is 1.82 bits per heavy atom. The van der Waals surface area contributed by atoms with Gasteiger partial charge in [-0.3, -0.25) is 34.8 Å². The van der Waals surface area contributed by atoms with Crippen LogP contribution < -0.4 is 24.0 Å². The lowest BCUT2D eigenvalue weighted by Crippen LogP contribution is -2.63. The summed E-state index contributed by atoms with van der Waals surface area (Å²) in [5.74, 6) is -1.29. The number of likely N-dealkylation sites (tertiary alicyclic amines) is 1. The third kappa shape index (κ3) is 12.5. The Balaban J connectivity index is 1.12. The van der Waals surface area contributed by atoms with Gasteiger partial charge in [-0.25, -0.2) is 9.59 Å². The van der Waals surface area contributed by atoms with E-state index in [0.29, 0.717) is 49.4 Å². The van der Waals surface area contributed by atoms with Crippen LogP contribution in [0.4, 0.5) is 10.5 Å². The number of hydrazine groups is 1. The van der Waals surface area contributed by atoms with Crippen molar-refractivity contribution in [1.82, 2.24) is 19.3 Å². The fourth-order valence-corrected chi connectivity index (χ4v) is 11.2. The molecule has 0 aromatic heterocycles. The predicted molar refractivity (Wildman–Crippen MR) is 262 cm³/mol. The number of nitrogens with one attached hydrogen (secondary N) is 3. The minimum atomic E-state index is -1.85. The Kier molecular flexibility index (Phi) is 18.0. The Labute approximate surface area is 421 Å². The van der Waals surface area contributed by atoms with Crippen LogP contribution >= 0.6 is 46.2 Å². The number of alkyl carbamates (subject to hydrolysis) is 1. The molecule has 4 fully saturated rings. The number of fused-ring (bicyclic) bond motifs is 5. The Hall–Kier alpha value is -3.51. The number of thioether (sulfide) groups is 1. The average Bonchev–Trinajstić information content (AvgIpc) is 3.92. The van der Waals surface area contributed by atoms with Crippen LogP contribution in [0.2, 0.25) is 5.02 Å². The predicted octanol–water partition coefficient (Wildman–Crippen LogP) is 5.49. The second-order valence-corrected chi connectivity index (χ2v) is 21.3. The van der Waals surface area contributed by atoms with Crippen molar-refractivity contribution >= 4 is 87.6 Å². The van der Waals surface area contributed by atoms with Crippen molar-refractivity contribution in [2.45, 2.75) is 139 Å². The molecule has 68 heavy (non-hydrogen) atoms. The van der Waals surface area contributed by atoms with Gasteiger partial charge in [0.1, 0.15) is 34.7 Å². The smallest absolute Gasteiger partial charge is 0.409 e. The molecular formula is C47H65ClIN5O13S. The number of nitrogens with zero attached hydrogens (tertiary/aromatic N) is 2. The largest absolute Gasteiger partial charge is 0.495 e.